The van der Waals surface area contributed by atoms with Crippen molar-refractivity contribution in [1.82, 2.24) is 15.6 Å². The van der Waals surface area contributed by atoms with Crippen molar-refractivity contribution in [1.29, 1.82) is 0 Å². The highest BCUT2D eigenvalue weighted by molar-refractivity contribution is 5.94. The number of halogens is 2. The van der Waals surface area contributed by atoms with Crippen LogP contribution in [0.4, 0.5) is 8.78 Å². The first-order chi connectivity index (χ1) is 15.8. The Kier molecular flexibility index (Phi) is 6.31. The van der Waals surface area contributed by atoms with E-state index in [1.54, 1.807) is 19.3 Å². The molecule has 1 aliphatic rings. The Labute approximate surface area is 190 Å². The summed E-state index contributed by atoms with van der Waals surface area (Å²) in [6, 6.07) is 13.2. The molecule has 33 heavy (non-hydrogen) atoms. The van der Waals surface area contributed by atoms with E-state index in [4.69, 9.17) is 5.73 Å². The third kappa shape index (κ3) is 4.67. The van der Waals surface area contributed by atoms with Crippen molar-refractivity contribution in [2.45, 2.75) is 31.0 Å². The minimum Gasteiger partial charge on any atom is -0.346 e. The van der Waals surface area contributed by atoms with Crippen LogP contribution in [0.2, 0.25) is 0 Å². The van der Waals surface area contributed by atoms with Gasteiger partial charge in [-0.3, -0.25) is 19.9 Å². The van der Waals surface area contributed by atoms with Gasteiger partial charge < -0.3 is 11.1 Å². The maximum atomic E-state index is 13.4. The van der Waals surface area contributed by atoms with Gasteiger partial charge in [0.25, 0.3) is 0 Å². The molecule has 1 amide bonds. The Morgan fingerprint density at radius 3 is 2.52 bits per heavy atom. The average Bonchev–Trinajstić information content (AvgIpc) is 2.79. The van der Waals surface area contributed by atoms with Crippen LogP contribution < -0.4 is 16.4 Å². The molecule has 2 aromatic carbocycles. The van der Waals surface area contributed by atoms with E-state index in [1.165, 1.54) is 0 Å². The maximum Gasteiger partial charge on any atom is 0.224 e. The molecule has 0 saturated carbocycles. The van der Waals surface area contributed by atoms with E-state index in [-0.39, 0.29) is 24.3 Å². The van der Waals surface area contributed by atoms with Gasteiger partial charge in [0, 0.05) is 25.0 Å². The molecular weight excluding hydrogens is 426 g/mol. The van der Waals surface area contributed by atoms with Crippen molar-refractivity contribution in [2.75, 3.05) is 6.54 Å². The lowest BCUT2D eigenvalue weighted by atomic mass is 9.78. The van der Waals surface area contributed by atoms with Gasteiger partial charge in [-0.15, -0.1) is 0 Å². The van der Waals surface area contributed by atoms with Crippen molar-refractivity contribution >= 4 is 11.7 Å². The number of carbonyl (C=O) groups excluding carboxylic acids is 2. The topological polar surface area (TPSA) is 97.1 Å². The second-order valence-electron chi connectivity index (χ2n) is 8.21. The van der Waals surface area contributed by atoms with E-state index >= 15 is 0 Å². The summed E-state index contributed by atoms with van der Waals surface area (Å²) in [4.78, 5) is 29.7. The van der Waals surface area contributed by atoms with E-state index in [0.29, 0.717) is 0 Å². The Hall–Kier alpha value is -3.49. The molecule has 0 fully saturated rings. The van der Waals surface area contributed by atoms with Gasteiger partial charge in [-0.1, -0.05) is 24.3 Å². The monoisotopic (exact) mass is 450 g/mol. The van der Waals surface area contributed by atoms with Crippen molar-refractivity contribution in [3.63, 3.8) is 0 Å². The van der Waals surface area contributed by atoms with Crippen LogP contribution in [0.15, 0.2) is 67.0 Å². The third-order valence-electron chi connectivity index (χ3n) is 5.92. The van der Waals surface area contributed by atoms with Gasteiger partial charge in [0.05, 0.1) is 18.4 Å². The third-order valence-corrected chi connectivity index (χ3v) is 5.92. The minimum atomic E-state index is -0.982. The number of nitrogens with two attached hydrogens (primary N) is 1. The highest BCUT2D eigenvalue weighted by Crippen LogP contribution is 2.36. The maximum absolute atomic E-state index is 13.4. The van der Waals surface area contributed by atoms with E-state index in [9.17, 15) is 18.4 Å². The van der Waals surface area contributed by atoms with Crippen LogP contribution in [-0.4, -0.2) is 29.3 Å². The van der Waals surface area contributed by atoms with E-state index in [0.717, 1.165) is 34.9 Å². The van der Waals surface area contributed by atoms with Crippen LogP contribution in [0, 0.1) is 11.6 Å². The molecule has 2 heterocycles. The minimum absolute atomic E-state index is 0.189. The molecule has 0 aliphatic carbocycles. The van der Waals surface area contributed by atoms with Gasteiger partial charge in [-0.25, -0.2) is 8.78 Å². The quantitative estimate of drug-likeness (QED) is 0.536. The average molecular weight is 450 g/mol. The fraction of sp³-hybridized carbons (Fsp3) is 0.240. The SMILES string of the molecule is CC(NC(=O)Cc1cc(F)cc(F)c1)C(=O)C1CNC(N)(c2ccncc2)c2ccccc21. The zero-order valence-electron chi connectivity index (χ0n) is 18.0. The number of fused-ring (bicyclic) bond motifs is 1. The molecule has 0 saturated heterocycles. The summed E-state index contributed by atoms with van der Waals surface area (Å²) < 4.78 is 26.8. The summed E-state index contributed by atoms with van der Waals surface area (Å²) in [5, 5.41) is 5.94. The van der Waals surface area contributed by atoms with Crippen molar-refractivity contribution in [2.24, 2.45) is 5.73 Å². The molecule has 3 unspecified atom stereocenters. The number of amides is 1. The van der Waals surface area contributed by atoms with Crippen LogP contribution in [0.25, 0.3) is 0 Å². The molecule has 0 bridgehead atoms. The fourth-order valence-corrected chi connectivity index (χ4v) is 4.32. The molecule has 1 aromatic heterocycles. The Morgan fingerprint density at radius 2 is 1.82 bits per heavy atom. The van der Waals surface area contributed by atoms with Crippen LogP contribution in [0.5, 0.6) is 0 Å². The summed E-state index contributed by atoms with van der Waals surface area (Å²) in [6.07, 6.45) is 3.08. The number of aromatic nitrogens is 1. The number of rotatable bonds is 6. The van der Waals surface area contributed by atoms with Crippen molar-refractivity contribution < 1.29 is 18.4 Å². The molecule has 8 heteroatoms. The lowest BCUT2D eigenvalue weighted by molar-refractivity contribution is -0.128. The predicted molar refractivity (Wildman–Crippen MR) is 119 cm³/mol. The van der Waals surface area contributed by atoms with Gasteiger partial charge in [-0.2, -0.15) is 0 Å². The summed E-state index contributed by atoms with van der Waals surface area (Å²) in [5.41, 5.74) is 8.33. The summed E-state index contributed by atoms with van der Waals surface area (Å²) in [7, 11) is 0. The number of benzene rings is 2. The molecule has 0 radical (unpaired) electrons. The zero-order valence-corrected chi connectivity index (χ0v) is 18.0. The smallest absolute Gasteiger partial charge is 0.224 e. The number of carbonyl (C=O) groups is 2. The Balaban J connectivity index is 1.52. The molecule has 3 aromatic rings. The normalized spacial score (nSPS) is 20.5. The first-order valence-electron chi connectivity index (χ1n) is 10.6. The van der Waals surface area contributed by atoms with Crippen LogP contribution >= 0.6 is 0 Å². The Morgan fingerprint density at radius 1 is 1.15 bits per heavy atom. The molecule has 4 rings (SSSR count). The number of ketones is 1. The first kappa shape index (κ1) is 22.7. The van der Waals surface area contributed by atoms with Gasteiger partial charge in [0.15, 0.2) is 5.78 Å². The van der Waals surface area contributed by atoms with Crippen LogP contribution in [0.1, 0.15) is 35.1 Å². The lowest BCUT2D eigenvalue weighted by Gasteiger charge is -2.40. The highest BCUT2D eigenvalue weighted by atomic mass is 19.1. The summed E-state index contributed by atoms with van der Waals surface area (Å²) >= 11 is 0. The van der Waals surface area contributed by atoms with Crippen molar-refractivity contribution in [3.05, 3.63) is 101 Å². The fourth-order valence-electron chi connectivity index (χ4n) is 4.32. The second-order valence-corrected chi connectivity index (χ2v) is 8.21. The van der Waals surface area contributed by atoms with E-state index in [2.05, 4.69) is 15.6 Å². The number of pyridine rings is 1. The summed E-state index contributed by atoms with van der Waals surface area (Å²) in [5.74, 6) is -2.73. The lowest BCUT2D eigenvalue weighted by Crippen LogP contribution is -2.58. The van der Waals surface area contributed by atoms with Gasteiger partial charge in [-0.05, 0) is 53.4 Å². The number of hydrogen-bond acceptors (Lipinski definition) is 5. The van der Waals surface area contributed by atoms with E-state index in [1.807, 2.05) is 36.4 Å². The Bertz CT molecular complexity index is 1170. The van der Waals surface area contributed by atoms with Gasteiger partial charge >= 0.3 is 0 Å². The van der Waals surface area contributed by atoms with E-state index < -0.39 is 35.2 Å². The van der Waals surface area contributed by atoms with Gasteiger partial charge in [0.2, 0.25) is 5.91 Å². The largest absolute Gasteiger partial charge is 0.346 e. The van der Waals surface area contributed by atoms with Crippen molar-refractivity contribution in [3.8, 4) is 0 Å². The number of Topliss-reactive ketones (excluding diaryl/α,β-unsaturated/α-hetero) is 1. The second kappa shape index (κ2) is 9.17. The van der Waals surface area contributed by atoms with Crippen LogP contribution in [-0.2, 0) is 21.7 Å². The molecule has 4 N–H and O–H groups in total. The number of hydrogen-bond donors (Lipinski definition) is 3. The molecular formula is C25H24F2N4O2. The van der Waals surface area contributed by atoms with Crippen LogP contribution in [0.3, 0.4) is 0 Å². The summed E-state index contributed by atoms with van der Waals surface area (Å²) in [6.45, 7) is 1.88. The first-order valence-corrected chi connectivity index (χ1v) is 10.6. The molecule has 3 atom stereocenters. The van der Waals surface area contributed by atoms with Gasteiger partial charge in [0.1, 0.15) is 17.3 Å². The zero-order chi connectivity index (χ0) is 23.6. The highest BCUT2D eigenvalue weighted by Gasteiger charge is 2.41. The molecule has 0 spiro atoms. The number of nitrogens with one attached hydrogen (secondary N) is 2. The molecule has 170 valence electrons. The number of nitrogens with zero attached hydrogens (tertiary/aromatic N) is 1. The molecule has 6 nitrogen and oxygen atoms in total. The predicted octanol–water partition coefficient (Wildman–Crippen LogP) is 2.52. The standard InChI is InChI=1S/C25H24F2N4O2/c1-15(31-23(32)12-16-10-18(26)13-19(27)11-16)24(33)21-14-30-25(28,17-6-8-29-9-7-17)22-5-3-2-4-20(21)22/h2-11,13,15,21,30H,12,14,28H2,1H3,(H,31,32). The molecule has 1 aliphatic heterocycles.